The van der Waals surface area contributed by atoms with E-state index < -0.39 is 0 Å². The van der Waals surface area contributed by atoms with Crippen LogP contribution >= 0.6 is 23.4 Å². The highest BCUT2D eigenvalue weighted by Crippen LogP contribution is 2.32. The molecule has 0 N–H and O–H groups in total. The summed E-state index contributed by atoms with van der Waals surface area (Å²) in [6.07, 6.45) is 0. The molecule has 0 aliphatic carbocycles. The third kappa shape index (κ3) is 3.99. The molecule has 0 aliphatic heterocycles. The summed E-state index contributed by atoms with van der Waals surface area (Å²) in [5, 5.41) is 12.6. The Labute approximate surface area is 211 Å². The third-order valence-electron chi connectivity index (χ3n) is 6.10. The van der Waals surface area contributed by atoms with Gasteiger partial charge >= 0.3 is 0 Å². The van der Waals surface area contributed by atoms with Crippen molar-refractivity contribution < 1.29 is 4.39 Å². The van der Waals surface area contributed by atoms with E-state index in [-0.39, 0.29) is 5.82 Å². The zero-order valence-corrected chi connectivity index (χ0v) is 20.2. The van der Waals surface area contributed by atoms with E-state index in [2.05, 4.69) is 63.3 Å². The van der Waals surface area contributed by atoms with Crippen molar-refractivity contribution in [2.45, 2.75) is 17.5 Å². The summed E-state index contributed by atoms with van der Waals surface area (Å²) >= 11 is 7.68. The van der Waals surface area contributed by atoms with Crippen LogP contribution < -0.4 is 0 Å². The molecule has 4 aromatic carbocycles. The number of para-hydroxylation sites is 3. The summed E-state index contributed by atoms with van der Waals surface area (Å²) in [5.74, 6) is 0.831. The summed E-state index contributed by atoms with van der Waals surface area (Å²) < 4.78 is 18.7. The van der Waals surface area contributed by atoms with Crippen LogP contribution in [0, 0.1) is 5.82 Å². The van der Waals surface area contributed by atoms with Gasteiger partial charge in [-0.15, -0.1) is 10.2 Å². The van der Waals surface area contributed by atoms with Gasteiger partial charge in [-0.05, 0) is 36.4 Å². The Hall–Kier alpha value is -3.61. The zero-order chi connectivity index (χ0) is 23.8. The smallest absolute Gasteiger partial charge is 0.196 e. The van der Waals surface area contributed by atoms with E-state index in [1.807, 2.05) is 34.9 Å². The fourth-order valence-electron chi connectivity index (χ4n) is 4.45. The van der Waals surface area contributed by atoms with Crippen LogP contribution in [0.4, 0.5) is 4.39 Å². The molecule has 0 spiro atoms. The molecule has 0 saturated heterocycles. The van der Waals surface area contributed by atoms with Crippen LogP contribution in [-0.4, -0.2) is 19.3 Å². The maximum atomic E-state index is 14.4. The average molecular weight is 499 g/mol. The van der Waals surface area contributed by atoms with Crippen LogP contribution in [-0.2, 0) is 12.3 Å². The van der Waals surface area contributed by atoms with Crippen molar-refractivity contribution in [3.63, 3.8) is 0 Å². The largest absolute Gasteiger partial charge is 0.333 e. The lowest BCUT2D eigenvalue weighted by molar-refractivity contribution is 0.617. The van der Waals surface area contributed by atoms with Gasteiger partial charge in [-0.3, -0.25) is 4.57 Å². The van der Waals surface area contributed by atoms with Crippen LogP contribution in [0.2, 0.25) is 5.02 Å². The molecule has 0 unspecified atom stereocenters. The fraction of sp³-hybridized carbons (Fsp3) is 0.0714. The molecule has 0 aliphatic rings. The van der Waals surface area contributed by atoms with Crippen LogP contribution in [0.25, 0.3) is 27.5 Å². The van der Waals surface area contributed by atoms with E-state index in [0.29, 0.717) is 28.0 Å². The molecular formula is C28H20ClFN4S. The SMILES string of the molecule is Fc1cccc(Cl)c1CSc1nnc(Cn2c3ccccc3c3ccccc32)n1-c1ccccc1. The normalized spacial score (nSPS) is 11.5. The molecule has 0 radical (unpaired) electrons. The second-order valence-electron chi connectivity index (χ2n) is 8.18. The summed E-state index contributed by atoms with van der Waals surface area (Å²) in [5.41, 5.74) is 3.70. The summed E-state index contributed by atoms with van der Waals surface area (Å²) in [6.45, 7) is 0.539. The van der Waals surface area contributed by atoms with Gasteiger partial charge in [0.05, 0.1) is 6.54 Å². The first kappa shape index (κ1) is 21.9. The average Bonchev–Trinajstić information content (AvgIpc) is 3.44. The Balaban J connectivity index is 1.44. The zero-order valence-electron chi connectivity index (χ0n) is 18.6. The topological polar surface area (TPSA) is 35.6 Å². The van der Waals surface area contributed by atoms with Gasteiger partial charge in [0.1, 0.15) is 5.82 Å². The molecule has 0 bridgehead atoms. The predicted octanol–water partition coefficient (Wildman–Crippen LogP) is 7.51. The Morgan fingerprint density at radius 3 is 2.09 bits per heavy atom. The number of benzene rings is 4. The molecule has 4 nitrogen and oxygen atoms in total. The van der Waals surface area contributed by atoms with Gasteiger partial charge < -0.3 is 4.57 Å². The molecule has 35 heavy (non-hydrogen) atoms. The van der Waals surface area contributed by atoms with Crippen molar-refractivity contribution in [2.75, 3.05) is 0 Å². The fourth-order valence-corrected chi connectivity index (χ4v) is 5.77. The highest BCUT2D eigenvalue weighted by molar-refractivity contribution is 7.98. The summed E-state index contributed by atoms with van der Waals surface area (Å²) in [7, 11) is 0. The highest BCUT2D eigenvalue weighted by Gasteiger charge is 2.19. The molecule has 0 saturated carbocycles. The van der Waals surface area contributed by atoms with Gasteiger partial charge in [-0.2, -0.15) is 0 Å². The Morgan fingerprint density at radius 1 is 0.743 bits per heavy atom. The van der Waals surface area contributed by atoms with Crippen molar-refractivity contribution in [1.82, 2.24) is 19.3 Å². The van der Waals surface area contributed by atoms with Gasteiger partial charge in [0.25, 0.3) is 0 Å². The van der Waals surface area contributed by atoms with E-state index in [1.54, 1.807) is 12.1 Å². The molecule has 2 aromatic heterocycles. The van der Waals surface area contributed by atoms with E-state index in [9.17, 15) is 4.39 Å². The van der Waals surface area contributed by atoms with Crippen molar-refractivity contribution in [3.05, 3.63) is 119 Å². The molecule has 0 atom stereocenters. The minimum Gasteiger partial charge on any atom is -0.333 e. The second kappa shape index (κ2) is 9.21. The Kier molecular flexibility index (Phi) is 5.76. The van der Waals surface area contributed by atoms with Crippen LogP contribution in [0.3, 0.4) is 0 Å². The first-order chi connectivity index (χ1) is 17.2. The van der Waals surface area contributed by atoms with Crippen molar-refractivity contribution in [3.8, 4) is 5.69 Å². The number of hydrogen-bond donors (Lipinski definition) is 0. The first-order valence-corrected chi connectivity index (χ1v) is 12.6. The standard InChI is InChI=1S/C28H20ClFN4S/c29-23-13-8-14-24(30)22(23)18-35-28-32-31-27(34(28)19-9-2-1-3-10-19)17-33-25-15-6-4-11-20(25)21-12-5-7-16-26(21)33/h1-16H,17-18H2. The quantitative estimate of drug-likeness (QED) is 0.223. The maximum absolute atomic E-state index is 14.4. The lowest BCUT2D eigenvalue weighted by Gasteiger charge is -2.12. The van der Waals surface area contributed by atoms with E-state index in [1.165, 1.54) is 28.6 Å². The highest BCUT2D eigenvalue weighted by atomic mass is 35.5. The Morgan fingerprint density at radius 2 is 1.40 bits per heavy atom. The van der Waals surface area contributed by atoms with Gasteiger partial charge in [0.2, 0.25) is 0 Å². The van der Waals surface area contributed by atoms with E-state index >= 15 is 0 Å². The minimum absolute atomic E-state index is 0.318. The minimum atomic E-state index is -0.318. The number of fused-ring (bicyclic) bond motifs is 3. The number of halogens is 2. The molecule has 2 heterocycles. The third-order valence-corrected chi connectivity index (χ3v) is 7.41. The number of aromatic nitrogens is 4. The van der Waals surface area contributed by atoms with Crippen LogP contribution in [0.15, 0.2) is 102 Å². The van der Waals surface area contributed by atoms with Crippen molar-refractivity contribution in [2.24, 2.45) is 0 Å². The molecule has 0 fully saturated rings. The first-order valence-electron chi connectivity index (χ1n) is 11.2. The van der Waals surface area contributed by atoms with Crippen molar-refractivity contribution in [1.29, 1.82) is 0 Å². The maximum Gasteiger partial charge on any atom is 0.196 e. The monoisotopic (exact) mass is 498 g/mol. The predicted molar refractivity (Wildman–Crippen MR) is 141 cm³/mol. The van der Waals surface area contributed by atoms with E-state index in [4.69, 9.17) is 11.6 Å². The molecular weight excluding hydrogens is 479 g/mol. The Bertz CT molecular complexity index is 1590. The van der Waals surface area contributed by atoms with Crippen molar-refractivity contribution >= 4 is 45.2 Å². The molecule has 7 heteroatoms. The van der Waals surface area contributed by atoms with Gasteiger partial charge in [0.15, 0.2) is 11.0 Å². The number of thioether (sulfide) groups is 1. The second-order valence-corrected chi connectivity index (χ2v) is 9.53. The van der Waals surface area contributed by atoms with Crippen LogP contribution in [0.5, 0.6) is 0 Å². The van der Waals surface area contributed by atoms with E-state index in [0.717, 1.165) is 22.5 Å². The van der Waals surface area contributed by atoms with Crippen LogP contribution in [0.1, 0.15) is 11.4 Å². The number of rotatable bonds is 6. The molecule has 172 valence electrons. The molecule has 6 rings (SSSR count). The molecule has 0 amide bonds. The summed E-state index contributed by atoms with van der Waals surface area (Å²) in [6, 6.07) is 31.6. The van der Waals surface area contributed by atoms with Gasteiger partial charge in [0, 0.05) is 43.8 Å². The lowest BCUT2D eigenvalue weighted by Crippen LogP contribution is -2.08. The lowest BCUT2D eigenvalue weighted by atomic mass is 10.2. The van der Waals surface area contributed by atoms with Gasteiger partial charge in [-0.25, -0.2) is 4.39 Å². The molecule has 6 aromatic rings. The summed E-state index contributed by atoms with van der Waals surface area (Å²) in [4.78, 5) is 0. The van der Waals surface area contributed by atoms with Gasteiger partial charge in [-0.1, -0.05) is 84.0 Å². The number of hydrogen-bond acceptors (Lipinski definition) is 3. The number of nitrogens with zero attached hydrogens (tertiary/aromatic N) is 4.